The van der Waals surface area contributed by atoms with Gasteiger partial charge >= 0.3 is 5.97 Å². The average Bonchev–Trinajstić information content (AvgIpc) is 2.46. The highest BCUT2D eigenvalue weighted by atomic mass is 79.9. The molecular formula is C15H11BrO4. The number of ketones is 1. The lowest BCUT2D eigenvalue weighted by molar-refractivity contribution is 0.0692. The normalized spacial score (nSPS) is 10.1. The van der Waals surface area contributed by atoms with Crippen LogP contribution >= 0.6 is 15.9 Å². The summed E-state index contributed by atoms with van der Waals surface area (Å²) in [7, 11) is 1.51. The van der Waals surface area contributed by atoms with Gasteiger partial charge in [0.2, 0.25) is 0 Å². The molecule has 0 aliphatic rings. The van der Waals surface area contributed by atoms with E-state index in [0.29, 0.717) is 15.8 Å². The number of rotatable bonds is 4. The number of carbonyl (C=O) groups excluding carboxylic acids is 1. The van der Waals surface area contributed by atoms with Gasteiger partial charge in [0, 0.05) is 15.6 Å². The summed E-state index contributed by atoms with van der Waals surface area (Å²) in [4.78, 5) is 23.7. The second-order valence-electron chi connectivity index (χ2n) is 4.06. The number of benzene rings is 2. The summed E-state index contributed by atoms with van der Waals surface area (Å²) in [5.74, 6) is -0.948. The molecule has 0 atom stereocenters. The molecule has 0 aromatic heterocycles. The summed E-state index contributed by atoms with van der Waals surface area (Å²) >= 11 is 3.20. The molecule has 5 heteroatoms. The van der Waals surface area contributed by atoms with Crippen LogP contribution in [0.25, 0.3) is 0 Å². The molecule has 0 spiro atoms. The quantitative estimate of drug-likeness (QED) is 0.870. The number of carboxylic acids is 1. The Morgan fingerprint density at radius 1 is 1.10 bits per heavy atom. The summed E-state index contributed by atoms with van der Waals surface area (Å²) in [6.45, 7) is 0. The average molecular weight is 335 g/mol. The molecule has 2 rings (SSSR count). The second-order valence-corrected chi connectivity index (χ2v) is 4.97. The van der Waals surface area contributed by atoms with Crippen molar-refractivity contribution in [2.75, 3.05) is 7.11 Å². The Morgan fingerprint density at radius 2 is 1.85 bits per heavy atom. The van der Waals surface area contributed by atoms with Crippen molar-refractivity contribution in [2.45, 2.75) is 0 Å². The minimum absolute atomic E-state index is 0.0350. The monoisotopic (exact) mass is 334 g/mol. The Bertz CT molecular complexity index is 679. The van der Waals surface area contributed by atoms with E-state index in [1.54, 1.807) is 30.3 Å². The maximum Gasteiger partial charge on any atom is 0.336 e. The van der Waals surface area contributed by atoms with Gasteiger partial charge in [0.25, 0.3) is 0 Å². The van der Waals surface area contributed by atoms with Crippen LogP contribution in [0.2, 0.25) is 0 Å². The van der Waals surface area contributed by atoms with Crippen LogP contribution in [0, 0.1) is 0 Å². The number of aromatic carboxylic acids is 1. The van der Waals surface area contributed by atoms with Crippen LogP contribution in [-0.2, 0) is 0 Å². The molecule has 0 unspecified atom stereocenters. The molecule has 2 aromatic rings. The molecule has 4 nitrogen and oxygen atoms in total. The first-order chi connectivity index (χ1) is 9.52. The van der Waals surface area contributed by atoms with Crippen LogP contribution in [0.1, 0.15) is 26.3 Å². The molecule has 0 amide bonds. The van der Waals surface area contributed by atoms with E-state index in [1.807, 2.05) is 0 Å². The van der Waals surface area contributed by atoms with E-state index in [4.69, 9.17) is 4.74 Å². The Hall–Kier alpha value is -2.14. The predicted molar refractivity (Wildman–Crippen MR) is 77.5 cm³/mol. The van der Waals surface area contributed by atoms with Gasteiger partial charge in [0.1, 0.15) is 5.75 Å². The molecule has 0 aliphatic heterocycles. The SMILES string of the molecule is COc1cccc(C(=O)c2ccc(Br)cc2C(=O)O)c1. The molecule has 0 radical (unpaired) electrons. The van der Waals surface area contributed by atoms with Crippen LogP contribution < -0.4 is 4.74 Å². The van der Waals surface area contributed by atoms with E-state index in [9.17, 15) is 14.7 Å². The topological polar surface area (TPSA) is 63.6 Å². The number of methoxy groups -OCH3 is 1. The van der Waals surface area contributed by atoms with E-state index >= 15 is 0 Å². The zero-order chi connectivity index (χ0) is 14.7. The summed E-state index contributed by atoms with van der Waals surface area (Å²) in [5, 5.41) is 9.19. The zero-order valence-corrected chi connectivity index (χ0v) is 12.2. The van der Waals surface area contributed by atoms with Crippen LogP contribution in [0.15, 0.2) is 46.9 Å². The number of hydrogen-bond acceptors (Lipinski definition) is 3. The summed E-state index contributed by atoms with van der Waals surface area (Å²) in [6, 6.07) is 11.2. The number of hydrogen-bond donors (Lipinski definition) is 1. The van der Waals surface area contributed by atoms with Crippen molar-refractivity contribution in [2.24, 2.45) is 0 Å². The lowest BCUT2D eigenvalue weighted by Gasteiger charge is -2.07. The third kappa shape index (κ3) is 2.88. The molecule has 1 N–H and O–H groups in total. The molecule has 0 saturated heterocycles. The summed E-state index contributed by atoms with van der Waals surface area (Å²) in [5.41, 5.74) is 0.496. The highest BCUT2D eigenvalue weighted by molar-refractivity contribution is 9.10. The standard InChI is InChI=1S/C15H11BrO4/c1-20-11-4-2-3-9(7-11)14(17)12-6-5-10(16)8-13(12)15(18)19/h2-8H,1H3,(H,18,19). The fourth-order valence-corrected chi connectivity index (χ4v) is 2.17. The first kappa shape index (κ1) is 14.3. The zero-order valence-electron chi connectivity index (χ0n) is 10.6. The van der Waals surface area contributed by atoms with Crippen LogP contribution in [0.4, 0.5) is 0 Å². The Kier molecular flexibility index (Phi) is 4.20. The van der Waals surface area contributed by atoms with Crippen molar-refractivity contribution in [3.05, 3.63) is 63.6 Å². The second kappa shape index (κ2) is 5.88. The Balaban J connectivity index is 2.50. The minimum atomic E-state index is -1.14. The van der Waals surface area contributed by atoms with Gasteiger partial charge in [-0.2, -0.15) is 0 Å². The Labute approximate surface area is 124 Å². The minimum Gasteiger partial charge on any atom is -0.497 e. The molecule has 2 aromatic carbocycles. The van der Waals surface area contributed by atoms with Gasteiger partial charge in [0.15, 0.2) is 5.78 Å². The van der Waals surface area contributed by atoms with Crippen molar-refractivity contribution in [1.29, 1.82) is 0 Å². The van der Waals surface area contributed by atoms with Crippen LogP contribution in [-0.4, -0.2) is 24.0 Å². The maximum atomic E-state index is 12.4. The molecule has 0 heterocycles. The highest BCUT2D eigenvalue weighted by Gasteiger charge is 2.18. The highest BCUT2D eigenvalue weighted by Crippen LogP contribution is 2.21. The van der Waals surface area contributed by atoms with Gasteiger partial charge in [-0.3, -0.25) is 4.79 Å². The van der Waals surface area contributed by atoms with Crippen LogP contribution in [0.5, 0.6) is 5.75 Å². The molecule has 0 bridgehead atoms. The van der Waals surface area contributed by atoms with Crippen LogP contribution in [0.3, 0.4) is 0 Å². The van der Waals surface area contributed by atoms with E-state index in [2.05, 4.69) is 15.9 Å². The predicted octanol–water partition coefficient (Wildman–Crippen LogP) is 3.39. The van der Waals surface area contributed by atoms with Gasteiger partial charge in [-0.15, -0.1) is 0 Å². The Morgan fingerprint density at radius 3 is 2.50 bits per heavy atom. The van der Waals surface area contributed by atoms with E-state index in [0.717, 1.165) is 0 Å². The van der Waals surface area contributed by atoms with Crippen molar-refractivity contribution < 1.29 is 19.4 Å². The lowest BCUT2D eigenvalue weighted by atomic mass is 9.98. The fourth-order valence-electron chi connectivity index (χ4n) is 1.81. The van der Waals surface area contributed by atoms with Crippen molar-refractivity contribution in [3.63, 3.8) is 0 Å². The van der Waals surface area contributed by atoms with E-state index in [-0.39, 0.29) is 16.9 Å². The van der Waals surface area contributed by atoms with Gasteiger partial charge in [-0.25, -0.2) is 4.79 Å². The molecular weight excluding hydrogens is 324 g/mol. The smallest absolute Gasteiger partial charge is 0.336 e. The number of carbonyl (C=O) groups is 2. The van der Waals surface area contributed by atoms with E-state index < -0.39 is 5.97 Å². The first-order valence-electron chi connectivity index (χ1n) is 5.74. The van der Waals surface area contributed by atoms with Crippen molar-refractivity contribution in [1.82, 2.24) is 0 Å². The largest absolute Gasteiger partial charge is 0.497 e. The van der Waals surface area contributed by atoms with Crippen molar-refractivity contribution >= 4 is 27.7 Å². The van der Waals surface area contributed by atoms with Crippen molar-refractivity contribution in [3.8, 4) is 5.75 Å². The summed E-state index contributed by atoms with van der Waals surface area (Å²) in [6.07, 6.45) is 0. The molecule has 0 fully saturated rings. The third-order valence-electron chi connectivity index (χ3n) is 2.79. The number of halogens is 1. The first-order valence-corrected chi connectivity index (χ1v) is 6.54. The third-order valence-corrected chi connectivity index (χ3v) is 3.28. The number of carboxylic acid groups (broad SMARTS) is 1. The van der Waals surface area contributed by atoms with Gasteiger partial charge in [-0.1, -0.05) is 28.1 Å². The van der Waals surface area contributed by atoms with Gasteiger partial charge in [0.05, 0.1) is 12.7 Å². The maximum absolute atomic E-state index is 12.4. The molecule has 0 aliphatic carbocycles. The van der Waals surface area contributed by atoms with E-state index in [1.165, 1.54) is 19.2 Å². The lowest BCUT2D eigenvalue weighted by Crippen LogP contribution is -2.09. The molecule has 0 saturated carbocycles. The number of ether oxygens (including phenoxy) is 1. The summed E-state index contributed by atoms with van der Waals surface area (Å²) < 4.78 is 5.67. The van der Waals surface area contributed by atoms with Gasteiger partial charge < -0.3 is 9.84 Å². The fraction of sp³-hybridized carbons (Fsp3) is 0.0667. The molecule has 20 heavy (non-hydrogen) atoms. The molecule has 102 valence electrons. The van der Waals surface area contributed by atoms with Gasteiger partial charge in [-0.05, 0) is 30.3 Å².